The van der Waals surface area contributed by atoms with Crippen LogP contribution in [0.25, 0.3) is 0 Å². The van der Waals surface area contributed by atoms with Gasteiger partial charge in [0.1, 0.15) is 34.2 Å². The van der Waals surface area contributed by atoms with Crippen molar-refractivity contribution in [2.45, 2.75) is 142 Å². The first-order chi connectivity index (χ1) is 31.2. The van der Waals surface area contributed by atoms with Crippen molar-refractivity contribution < 1.29 is 47.8 Å². The molecule has 3 rings (SSSR count). The number of carbonyl (C=O) groups excluding carboxylic acids is 4. The van der Waals surface area contributed by atoms with E-state index in [1.807, 2.05) is 47.0 Å². The summed E-state index contributed by atoms with van der Waals surface area (Å²) in [6.45, 7) is 30.3. The van der Waals surface area contributed by atoms with Crippen LogP contribution >= 0.6 is 74.5 Å². The van der Waals surface area contributed by atoms with Gasteiger partial charge in [-0.15, -0.1) is 12.4 Å². The van der Waals surface area contributed by atoms with E-state index in [-0.39, 0.29) is 87.7 Å². The summed E-state index contributed by atoms with van der Waals surface area (Å²) in [4.78, 5) is 77.7. The van der Waals surface area contributed by atoms with E-state index in [0.29, 0.717) is 33.4 Å². The highest BCUT2D eigenvalue weighted by molar-refractivity contribution is 8.24. The topological polar surface area (TPSA) is 290 Å². The molecule has 0 aromatic carbocycles. The van der Waals surface area contributed by atoms with Gasteiger partial charge in [0.05, 0.1) is 37.8 Å². The highest BCUT2D eigenvalue weighted by atomic mass is 36.0. The van der Waals surface area contributed by atoms with Crippen LogP contribution in [0.5, 0.6) is 5.88 Å². The average Bonchev–Trinajstić information content (AvgIpc) is 3.14. The number of rotatable bonds is 12. The maximum Gasteiger partial charge on any atom is 0.339 e. The number of aromatic hydroxyl groups is 1. The largest absolute Gasteiger partial charge is 0.493 e. The Morgan fingerprint density at radius 3 is 1.33 bits per heavy atom. The Bertz CT molecular complexity index is 2010. The lowest BCUT2D eigenvalue weighted by molar-refractivity contribution is -0.164. The molecular formula is C44H75Cl6N8O11P. The summed E-state index contributed by atoms with van der Waals surface area (Å²) in [5.74, 6) is -0.318. The van der Waals surface area contributed by atoms with Crippen molar-refractivity contribution in [2.24, 2.45) is 17.6 Å². The molecule has 0 bridgehead atoms. The number of aromatic nitrogens is 6. The second-order valence-electron chi connectivity index (χ2n) is 14.8. The zero-order valence-electron chi connectivity index (χ0n) is 42.2. The summed E-state index contributed by atoms with van der Waals surface area (Å²) in [6, 6.07) is 0. The van der Waals surface area contributed by atoms with E-state index in [2.05, 4.69) is 86.9 Å². The van der Waals surface area contributed by atoms with E-state index >= 15 is 0 Å². The van der Waals surface area contributed by atoms with Gasteiger partial charge in [0.15, 0.2) is 5.92 Å². The summed E-state index contributed by atoms with van der Waals surface area (Å²) < 4.78 is 28.1. The maximum atomic E-state index is 11.4. The number of nitrogens with two attached hydrogens (primary N) is 1. The number of carbonyl (C=O) groups is 4. The van der Waals surface area contributed by atoms with Gasteiger partial charge >= 0.3 is 29.1 Å². The minimum absolute atomic E-state index is 0. The fourth-order valence-corrected chi connectivity index (χ4v) is 5.35. The van der Waals surface area contributed by atoms with Crippen LogP contribution in [0.3, 0.4) is 0 Å². The Morgan fingerprint density at radius 2 is 1.06 bits per heavy atom. The van der Waals surface area contributed by atoms with Gasteiger partial charge in [-0.05, 0) is 118 Å². The van der Waals surface area contributed by atoms with Crippen LogP contribution in [-0.2, 0) is 42.7 Å². The molecule has 0 aliphatic carbocycles. The molecule has 0 atom stereocenters. The van der Waals surface area contributed by atoms with Gasteiger partial charge in [0.25, 0.3) is 5.56 Å². The van der Waals surface area contributed by atoms with E-state index in [9.17, 15) is 33.6 Å². The maximum absolute atomic E-state index is 11.4. The summed E-state index contributed by atoms with van der Waals surface area (Å²) in [5.41, 5.74) is 6.81. The lowest BCUT2D eigenvalue weighted by Gasteiger charge is -2.16. The molecule has 5 N–H and O–H groups in total. The number of nitrogens with one attached hydrogen (secondary N) is 2. The van der Waals surface area contributed by atoms with Crippen molar-refractivity contribution in [1.29, 1.82) is 5.41 Å². The molecule has 0 spiro atoms. The molecule has 0 saturated heterocycles. The van der Waals surface area contributed by atoms with Gasteiger partial charge in [-0.25, -0.2) is 24.9 Å². The average molecular weight is 1140 g/mol. The smallest absolute Gasteiger partial charge is 0.339 e. The van der Waals surface area contributed by atoms with Crippen LogP contribution in [-0.4, -0.2) is 91.2 Å². The lowest BCUT2D eigenvalue weighted by atomic mass is 9.96. The monoisotopic (exact) mass is 1130 g/mol. The highest BCUT2D eigenvalue weighted by Gasteiger charge is 2.32. The van der Waals surface area contributed by atoms with E-state index in [1.165, 1.54) is 12.5 Å². The van der Waals surface area contributed by atoms with E-state index in [4.69, 9.17) is 43.8 Å². The number of nitrogens with zero attached hydrogens (tertiary/aromatic N) is 5. The van der Waals surface area contributed by atoms with Gasteiger partial charge in [0, 0.05) is 18.0 Å². The molecule has 0 aliphatic heterocycles. The summed E-state index contributed by atoms with van der Waals surface area (Å²) in [5, 5.41) is 13.3. The number of aryl methyl sites for hydroxylation is 3. The Kier molecular flexibility index (Phi) is 47.5. The van der Waals surface area contributed by atoms with E-state index in [0.717, 1.165) is 11.4 Å². The van der Waals surface area contributed by atoms with Crippen LogP contribution in [0.4, 0.5) is 0 Å². The van der Waals surface area contributed by atoms with Crippen molar-refractivity contribution in [1.82, 2.24) is 29.9 Å². The second-order valence-corrected chi connectivity index (χ2v) is 22.1. The third kappa shape index (κ3) is 41.9. The fraction of sp³-hybridized carbons (Fsp3) is 0.614. The number of ether oxygens (including phenoxy) is 4. The minimum atomic E-state index is -3.22. The molecule has 3 aromatic rings. The van der Waals surface area contributed by atoms with E-state index in [1.54, 1.807) is 55.4 Å². The lowest BCUT2D eigenvalue weighted by Crippen LogP contribution is -2.32. The molecule has 3 heterocycles. The number of amidine groups is 1. The molecule has 0 unspecified atom stereocenters. The third-order valence-corrected chi connectivity index (χ3v) is 7.86. The van der Waals surface area contributed by atoms with Crippen LogP contribution in [0.1, 0.15) is 156 Å². The standard InChI is InChI=1S/C10H18O4.C8H10Cl2N2.C8H12N2O2.C8H12N2.C7H12O4.C2H6N2.CH4.Cl3OP.ClH/c1-5-13-9(11)8(7(3)4)10(12)14-6-2;1-4(2)6-7(9)11-5(3)12-8(6)10;1-4(2)6-7(11)9-5(3)10-8(6)12;1-6(2)8-4-9-7(3)10-5-8;1-3-10-6(8)5-7(9)11-4-2;1-2(3)4;;1-5(2,3)4;/h7-8H,5-6H2,1-4H3;4H,1-3H3;4H,1-3H3,(H2,9,10,11,12);4-6H,1-3H3;3-5H2,1-2H3;1H3,(H3,3,4);1H4;;1H. The quantitative estimate of drug-likeness (QED) is 0.0249. The molecular weight excluding hydrogens is 1060 g/mol. The van der Waals surface area contributed by atoms with E-state index < -0.39 is 35.0 Å². The number of H-pyrrole nitrogens is 1. The van der Waals surface area contributed by atoms with Crippen molar-refractivity contribution in [2.75, 3.05) is 26.4 Å². The Hall–Kier alpha value is -3.84. The molecule has 0 saturated carbocycles. The predicted molar refractivity (Wildman–Crippen MR) is 283 cm³/mol. The molecule has 0 fully saturated rings. The van der Waals surface area contributed by atoms with Gasteiger partial charge in [-0.1, -0.05) is 86.0 Å². The first-order valence-electron chi connectivity index (χ1n) is 21.1. The molecule has 0 amide bonds. The Balaban J connectivity index is -0.000000174. The SMILES string of the molecule is C.CC(=N)N.CCOC(=O)C(C(=O)OCC)C(C)C.CCOC(=O)CC(=O)OCC.Cc1nc(Cl)c(C(C)C)c(Cl)n1.Cc1nc(O)c(C(C)C)c(=O)[nH]1.Cc1ncc(C(C)C)cn1.Cl.O=P(Cl)(Cl)Cl. The third-order valence-electron chi connectivity index (χ3n) is 7.29. The molecule has 26 heteroatoms. The van der Waals surface area contributed by atoms with Crippen LogP contribution in [0.2, 0.25) is 10.3 Å². The van der Waals surface area contributed by atoms with Crippen molar-refractivity contribution in [3.63, 3.8) is 0 Å². The Morgan fingerprint density at radius 1 is 0.714 bits per heavy atom. The minimum Gasteiger partial charge on any atom is -0.493 e. The normalized spacial score (nSPS) is 9.86. The first-order valence-corrected chi connectivity index (χ1v) is 26.3. The highest BCUT2D eigenvalue weighted by Crippen LogP contribution is 2.61. The molecule has 19 nitrogen and oxygen atoms in total. The van der Waals surface area contributed by atoms with Gasteiger partial charge in [-0.2, -0.15) is 0 Å². The summed E-state index contributed by atoms with van der Waals surface area (Å²) >= 11 is 25.6. The summed E-state index contributed by atoms with van der Waals surface area (Å²) in [6.07, 6.45) is 3.47. The zero-order chi connectivity index (χ0) is 54.1. The van der Waals surface area contributed by atoms with Crippen LogP contribution < -0.4 is 11.3 Å². The number of hydrogen-bond donors (Lipinski definition) is 4. The Labute approximate surface area is 444 Å². The predicted octanol–water partition coefficient (Wildman–Crippen LogP) is 11.7. The second kappa shape index (κ2) is 42.8. The van der Waals surface area contributed by atoms with Crippen LogP contribution in [0.15, 0.2) is 17.2 Å². The van der Waals surface area contributed by atoms with Crippen molar-refractivity contribution in [3.05, 3.63) is 67.2 Å². The zero-order valence-corrected chi connectivity index (χ0v) is 47.7. The van der Waals surface area contributed by atoms with Crippen molar-refractivity contribution >= 4 is 104 Å². The number of hydrogen-bond acceptors (Lipinski definition) is 17. The van der Waals surface area contributed by atoms with Crippen molar-refractivity contribution in [3.8, 4) is 5.88 Å². The van der Waals surface area contributed by atoms with Gasteiger partial charge in [0.2, 0.25) is 5.88 Å². The van der Waals surface area contributed by atoms with Gasteiger partial charge < -0.3 is 34.8 Å². The number of esters is 4. The number of halogens is 6. The first kappa shape index (κ1) is 77.6. The molecule has 404 valence electrons. The van der Waals surface area contributed by atoms with Gasteiger partial charge in [-0.3, -0.25) is 33.9 Å². The molecule has 0 aliphatic rings. The molecule has 3 aromatic heterocycles. The van der Waals surface area contributed by atoms with Crippen LogP contribution in [0, 0.1) is 38.0 Å². The number of aromatic amines is 1. The molecule has 70 heavy (non-hydrogen) atoms. The fourth-order valence-electron chi connectivity index (χ4n) is 4.44. The summed E-state index contributed by atoms with van der Waals surface area (Å²) in [7, 11) is 0. The molecule has 0 radical (unpaired) electrons.